The Kier molecular flexibility index (Phi) is 5.97. The molecule has 0 unspecified atom stereocenters. The number of hydrogen-bond acceptors (Lipinski definition) is 3. The van der Waals surface area contributed by atoms with Crippen LogP contribution in [0.3, 0.4) is 0 Å². The zero-order valence-electron chi connectivity index (χ0n) is 15.2. The van der Waals surface area contributed by atoms with Crippen LogP contribution >= 0.6 is 15.9 Å². The van der Waals surface area contributed by atoms with Gasteiger partial charge in [-0.2, -0.15) is 0 Å². The van der Waals surface area contributed by atoms with E-state index in [1.165, 1.54) is 6.92 Å². The minimum absolute atomic E-state index is 0.0265. The number of benzene rings is 2. The zero-order valence-corrected chi connectivity index (χ0v) is 16.7. The van der Waals surface area contributed by atoms with Gasteiger partial charge in [0.1, 0.15) is 40.1 Å². The lowest BCUT2D eigenvalue weighted by Gasteiger charge is -2.17. The van der Waals surface area contributed by atoms with E-state index < -0.39 is 52.5 Å². The van der Waals surface area contributed by atoms with Gasteiger partial charge in [-0.25, -0.2) is 22.4 Å². The monoisotopic (exact) mass is 485 g/mol. The summed E-state index contributed by atoms with van der Waals surface area (Å²) >= 11 is 2.99. The fourth-order valence-electron chi connectivity index (χ4n) is 2.83. The maximum atomic E-state index is 14.7. The van der Waals surface area contributed by atoms with Gasteiger partial charge in [0, 0.05) is 17.3 Å². The Morgan fingerprint density at radius 3 is 2.27 bits per heavy atom. The second-order valence-corrected chi connectivity index (χ2v) is 7.03. The Hall–Kier alpha value is -3.14. The molecule has 0 saturated carbocycles. The van der Waals surface area contributed by atoms with Crippen molar-refractivity contribution in [3.8, 4) is 16.9 Å². The Balaban J connectivity index is 2.16. The summed E-state index contributed by atoms with van der Waals surface area (Å²) in [6.45, 7) is 0.884. The number of halogens is 5. The molecule has 3 aromatic rings. The van der Waals surface area contributed by atoms with Crippen molar-refractivity contribution < 1.29 is 32.2 Å². The summed E-state index contributed by atoms with van der Waals surface area (Å²) in [7, 11) is 0. The summed E-state index contributed by atoms with van der Waals surface area (Å²) in [6, 6.07) is 4.03. The number of ether oxygens (including phenoxy) is 1. The summed E-state index contributed by atoms with van der Waals surface area (Å²) in [6.07, 6.45) is 0. The van der Waals surface area contributed by atoms with Crippen LogP contribution < -0.4 is 10.3 Å². The summed E-state index contributed by atoms with van der Waals surface area (Å²) in [5, 5.41) is 8.97. The predicted molar refractivity (Wildman–Crippen MR) is 103 cm³/mol. The third-order valence-electron chi connectivity index (χ3n) is 4.23. The standard InChI is InChI=1S/C20H12BrF4NO4/c1-8-15(16-13(24)4-10(20(28)29)5-14(16)25)18(17(21)19(27)26-8)30-7-9-2-3-11(22)6-12(9)23/h2-6H,7H2,1H3,(H,26,27)(H,28,29). The van der Waals surface area contributed by atoms with Gasteiger partial charge in [0.25, 0.3) is 5.56 Å². The number of aryl methyl sites for hydroxylation is 1. The molecule has 0 atom stereocenters. The summed E-state index contributed by atoms with van der Waals surface area (Å²) in [4.78, 5) is 25.5. The molecule has 0 aliphatic rings. The molecule has 10 heteroatoms. The van der Waals surface area contributed by atoms with Crippen LogP contribution in [-0.2, 0) is 6.61 Å². The van der Waals surface area contributed by atoms with E-state index in [0.717, 1.165) is 12.1 Å². The Bertz CT molecular complexity index is 1200. The second-order valence-electron chi connectivity index (χ2n) is 6.24. The van der Waals surface area contributed by atoms with Gasteiger partial charge in [0.2, 0.25) is 0 Å². The molecule has 156 valence electrons. The number of pyridine rings is 1. The number of carboxylic acids is 1. The molecule has 0 bridgehead atoms. The quantitative estimate of drug-likeness (QED) is 0.501. The molecular formula is C20H12BrF4NO4. The first kappa shape index (κ1) is 21.6. The van der Waals surface area contributed by atoms with Crippen molar-refractivity contribution in [3.05, 3.63) is 85.2 Å². The molecule has 0 saturated heterocycles. The van der Waals surface area contributed by atoms with Crippen molar-refractivity contribution >= 4 is 21.9 Å². The highest BCUT2D eigenvalue weighted by Gasteiger charge is 2.25. The number of aromatic amines is 1. The first-order valence-corrected chi connectivity index (χ1v) is 9.11. The highest BCUT2D eigenvalue weighted by Crippen LogP contribution is 2.39. The normalized spacial score (nSPS) is 10.9. The molecule has 1 heterocycles. The molecule has 0 amide bonds. The lowest BCUT2D eigenvalue weighted by Crippen LogP contribution is -2.14. The first-order chi connectivity index (χ1) is 14.1. The number of carboxylic acid groups (broad SMARTS) is 1. The number of rotatable bonds is 5. The van der Waals surface area contributed by atoms with Crippen molar-refractivity contribution in [1.29, 1.82) is 0 Å². The number of carbonyl (C=O) groups is 1. The number of hydrogen-bond donors (Lipinski definition) is 2. The van der Waals surface area contributed by atoms with Gasteiger partial charge in [0.15, 0.2) is 0 Å². The fourth-order valence-corrected chi connectivity index (χ4v) is 3.24. The molecular weight excluding hydrogens is 474 g/mol. The predicted octanol–water partition coefficient (Wildman–Crippen LogP) is 4.95. The topological polar surface area (TPSA) is 79.4 Å². The van der Waals surface area contributed by atoms with Crippen molar-refractivity contribution in [2.45, 2.75) is 13.5 Å². The van der Waals surface area contributed by atoms with Crippen molar-refractivity contribution in [2.75, 3.05) is 0 Å². The Morgan fingerprint density at radius 2 is 1.70 bits per heavy atom. The minimum atomic E-state index is -1.53. The van der Waals surface area contributed by atoms with Crippen LogP contribution in [0.1, 0.15) is 21.6 Å². The molecule has 2 aromatic carbocycles. The first-order valence-electron chi connectivity index (χ1n) is 8.32. The fraction of sp³-hybridized carbons (Fsp3) is 0.100. The van der Waals surface area contributed by atoms with Gasteiger partial charge in [-0.15, -0.1) is 0 Å². The van der Waals surface area contributed by atoms with Crippen molar-refractivity contribution in [2.24, 2.45) is 0 Å². The van der Waals surface area contributed by atoms with E-state index in [-0.39, 0.29) is 27.0 Å². The molecule has 3 rings (SSSR count). The van der Waals surface area contributed by atoms with Crippen LogP contribution in [0, 0.1) is 30.2 Å². The summed E-state index contributed by atoms with van der Waals surface area (Å²) < 4.78 is 61.6. The van der Waals surface area contributed by atoms with E-state index in [0.29, 0.717) is 18.2 Å². The van der Waals surface area contributed by atoms with Gasteiger partial charge in [0.05, 0.1) is 16.7 Å². The number of aromatic carboxylic acids is 1. The Labute approximate surface area is 175 Å². The molecule has 0 aliphatic carbocycles. The SMILES string of the molecule is Cc1[nH]c(=O)c(Br)c(OCc2ccc(F)cc2F)c1-c1c(F)cc(C(=O)O)cc1F. The average molecular weight is 486 g/mol. The zero-order chi connectivity index (χ0) is 22.2. The molecule has 0 radical (unpaired) electrons. The maximum absolute atomic E-state index is 14.7. The maximum Gasteiger partial charge on any atom is 0.335 e. The smallest absolute Gasteiger partial charge is 0.335 e. The van der Waals surface area contributed by atoms with Crippen molar-refractivity contribution in [1.82, 2.24) is 4.98 Å². The van der Waals surface area contributed by atoms with E-state index in [1.54, 1.807) is 0 Å². The van der Waals surface area contributed by atoms with Crippen LogP contribution in [0.5, 0.6) is 5.75 Å². The van der Waals surface area contributed by atoms with Crippen LogP contribution in [0.2, 0.25) is 0 Å². The van der Waals surface area contributed by atoms with Gasteiger partial charge < -0.3 is 14.8 Å². The molecule has 1 aromatic heterocycles. The van der Waals surface area contributed by atoms with Crippen molar-refractivity contribution in [3.63, 3.8) is 0 Å². The van der Waals surface area contributed by atoms with Crippen LogP contribution in [0.15, 0.2) is 39.6 Å². The van der Waals surface area contributed by atoms with E-state index in [1.807, 2.05) is 0 Å². The Morgan fingerprint density at radius 1 is 1.07 bits per heavy atom. The van der Waals surface area contributed by atoms with Crippen LogP contribution in [-0.4, -0.2) is 16.1 Å². The van der Waals surface area contributed by atoms with Gasteiger partial charge in [-0.1, -0.05) is 0 Å². The summed E-state index contributed by atoms with van der Waals surface area (Å²) in [5.41, 5.74) is -2.15. The lowest BCUT2D eigenvalue weighted by atomic mass is 10.00. The third-order valence-corrected chi connectivity index (χ3v) is 4.95. The largest absolute Gasteiger partial charge is 0.487 e. The number of aromatic nitrogens is 1. The van der Waals surface area contributed by atoms with Crippen LogP contribution in [0.25, 0.3) is 11.1 Å². The molecule has 2 N–H and O–H groups in total. The molecule has 5 nitrogen and oxygen atoms in total. The highest BCUT2D eigenvalue weighted by atomic mass is 79.9. The highest BCUT2D eigenvalue weighted by molar-refractivity contribution is 9.10. The molecule has 30 heavy (non-hydrogen) atoms. The second kappa shape index (κ2) is 8.31. The lowest BCUT2D eigenvalue weighted by molar-refractivity contribution is 0.0695. The average Bonchev–Trinajstić information content (AvgIpc) is 2.65. The number of nitrogens with one attached hydrogen (secondary N) is 1. The van der Waals surface area contributed by atoms with E-state index in [9.17, 15) is 27.2 Å². The van der Waals surface area contributed by atoms with Gasteiger partial charge in [-0.05, 0) is 47.1 Å². The molecule has 0 aliphatic heterocycles. The van der Waals surface area contributed by atoms with Crippen LogP contribution in [0.4, 0.5) is 17.6 Å². The number of H-pyrrole nitrogens is 1. The third kappa shape index (κ3) is 4.09. The van der Waals surface area contributed by atoms with Gasteiger partial charge >= 0.3 is 5.97 Å². The van der Waals surface area contributed by atoms with E-state index in [2.05, 4.69) is 20.9 Å². The molecule has 0 spiro atoms. The minimum Gasteiger partial charge on any atom is -0.487 e. The van der Waals surface area contributed by atoms with Gasteiger partial charge in [-0.3, -0.25) is 4.79 Å². The molecule has 0 fully saturated rings. The summed E-state index contributed by atoms with van der Waals surface area (Å²) in [5.74, 6) is -5.92. The van der Waals surface area contributed by atoms with E-state index in [4.69, 9.17) is 9.84 Å². The van der Waals surface area contributed by atoms with E-state index >= 15 is 0 Å².